The van der Waals surface area contributed by atoms with Gasteiger partial charge in [0.25, 0.3) is 0 Å². The Morgan fingerprint density at radius 2 is 2.19 bits per heavy atom. The maximum absolute atomic E-state index is 6.06. The van der Waals surface area contributed by atoms with Crippen molar-refractivity contribution in [3.05, 3.63) is 51.7 Å². The van der Waals surface area contributed by atoms with Crippen LogP contribution in [0.5, 0.6) is 5.75 Å². The average molecular weight is 324 g/mol. The highest BCUT2D eigenvalue weighted by atomic mass is 35.5. The van der Waals surface area contributed by atoms with Crippen molar-refractivity contribution < 1.29 is 4.74 Å². The Hall–Kier alpha value is -1.03. The molecular formula is C17H22ClNOS. The molecular weight excluding hydrogens is 302 g/mol. The fraction of sp³-hybridized carbons (Fsp3) is 0.412. The summed E-state index contributed by atoms with van der Waals surface area (Å²) in [6.45, 7) is 5.29. The molecule has 0 saturated carbocycles. The lowest BCUT2D eigenvalue weighted by atomic mass is 10.0. The number of benzene rings is 1. The summed E-state index contributed by atoms with van der Waals surface area (Å²) >= 11 is 7.75. The Kier molecular flexibility index (Phi) is 6.55. The van der Waals surface area contributed by atoms with Crippen molar-refractivity contribution in [3.8, 4) is 5.75 Å². The number of rotatable bonds is 8. The summed E-state index contributed by atoms with van der Waals surface area (Å²) in [7, 11) is 0. The molecule has 2 rings (SSSR count). The van der Waals surface area contributed by atoms with Gasteiger partial charge in [0.05, 0.1) is 0 Å². The number of hydrogen-bond acceptors (Lipinski definition) is 3. The first-order chi connectivity index (χ1) is 10.2. The van der Waals surface area contributed by atoms with Crippen LogP contribution in [-0.2, 0) is 6.42 Å². The molecule has 1 aromatic heterocycles. The predicted octanol–water partition coefficient (Wildman–Crippen LogP) is 4.78. The normalized spacial score (nSPS) is 13.9. The van der Waals surface area contributed by atoms with Gasteiger partial charge in [0, 0.05) is 11.1 Å². The summed E-state index contributed by atoms with van der Waals surface area (Å²) in [5.74, 6) is 0.823. The first kappa shape index (κ1) is 16.3. The number of nitrogens with one attached hydrogen (secondary N) is 1. The van der Waals surface area contributed by atoms with E-state index < -0.39 is 0 Å². The minimum absolute atomic E-state index is 0.0786. The highest BCUT2D eigenvalue weighted by Crippen LogP contribution is 2.20. The van der Waals surface area contributed by atoms with E-state index in [0.717, 1.165) is 25.1 Å². The molecule has 21 heavy (non-hydrogen) atoms. The van der Waals surface area contributed by atoms with Gasteiger partial charge in [-0.15, -0.1) is 0 Å². The third-order valence-corrected chi connectivity index (χ3v) is 4.34. The van der Waals surface area contributed by atoms with Crippen LogP contribution in [0.25, 0.3) is 0 Å². The fourth-order valence-corrected chi connectivity index (χ4v) is 3.10. The summed E-state index contributed by atoms with van der Waals surface area (Å²) in [5.41, 5.74) is 1.36. The lowest BCUT2D eigenvalue weighted by molar-refractivity contribution is 0.169. The number of hydrogen-bond donors (Lipinski definition) is 1. The van der Waals surface area contributed by atoms with Crippen molar-refractivity contribution in [1.82, 2.24) is 5.32 Å². The molecule has 4 heteroatoms. The third-order valence-electron chi connectivity index (χ3n) is 3.38. The van der Waals surface area contributed by atoms with Crippen LogP contribution in [0.3, 0.4) is 0 Å². The van der Waals surface area contributed by atoms with E-state index >= 15 is 0 Å². The van der Waals surface area contributed by atoms with E-state index in [0.29, 0.717) is 11.1 Å². The first-order valence-corrected chi connectivity index (χ1v) is 8.67. The SMILES string of the molecule is CCCNC(Cc1ccsc1)C(C)Oc1cccc(Cl)c1. The van der Waals surface area contributed by atoms with Gasteiger partial charge in [-0.1, -0.05) is 24.6 Å². The quantitative estimate of drug-likeness (QED) is 0.755. The molecule has 0 radical (unpaired) electrons. The lowest BCUT2D eigenvalue weighted by Gasteiger charge is -2.26. The van der Waals surface area contributed by atoms with Gasteiger partial charge in [0.1, 0.15) is 11.9 Å². The van der Waals surface area contributed by atoms with Crippen LogP contribution >= 0.6 is 22.9 Å². The van der Waals surface area contributed by atoms with Crippen LogP contribution in [0.15, 0.2) is 41.1 Å². The van der Waals surface area contributed by atoms with Gasteiger partial charge in [-0.25, -0.2) is 0 Å². The van der Waals surface area contributed by atoms with Crippen molar-refractivity contribution in [1.29, 1.82) is 0 Å². The molecule has 0 aliphatic heterocycles. The van der Waals surface area contributed by atoms with E-state index in [-0.39, 0.29) is 6.10 Å². The number of thiophene rings is 1. The average Bonchev–Trinajstić information content (AvgIpc) is 2.96. The van der Waals surface area contributed by atoms with Crippen molar-refractivity contribution in [3.63, 3.8) is 0 Å². The molecule has 2 atom stereocenters. The smallest absolute Gasteiger partial charge is 0.121 e. The molecule has 2 aromatic rings. The van der Waals surface area contributed by atoms with Crippen molar-refractivity contribution >= 4 is 22.9 Å². The van der Waals surface area contributed by atoms with Gasteiger partial charge in [-0.3, -0.25) is 0 Å². The molecule has 0 spiro atoms. The largest absolute Gasteiger partial charge is 0.489 e. The first-order valence-electron chi connectivity index (χ1n) is 7.35. The highest BCUT2D eigenvalue weighted by molar-refractivity contribution is 7.07. The van der Waals surface area contributed by atoms with Gasteiger partial charge >= 0.3 is 0 Å². The van der Waals surface area contributed by atoms with Crippen molar-refractivity contribution in [2.75, 3.05) is 6.54 Å². The summed E-state index contributed by atoms with van der Waals surface area (Å²) in [6.07, 6.45) is 2.17. The molecule has 0 saturated heterocycles. The molecule has 0 bridgehead atoms. The Morgan fingerprint density at radius 3 is 2.86 bits per heavy atom. The molecule has 0 aliphatic carbocycles. The van der Waals surface area contributed by atoms with Gasteiger partial charge in [-0.05, 0) is 66.9 Å². The monoisotopic (exact) mass is 323 g/mol. The van der Waals surface area contributed by atoms with Crippen LogP contribution in [0.4, 0.5) is 0 Å². The highest BCUT2D eigenvalue weighted by Gasteiger charge is 2.19. The maximum Gasteiger partial charge on any atom is 0.121 e. The molecule has 1 N–H and O–H groups in total. The molecule has 1 aromatic carbocycles. The van der Waals surface area contributed by atoms with E-state index in [9.17, 15) is 0 Å². The summed E-state index contributed by atoms with van der Waals surface area (Å²) in [4.78, 5) is 0. The van der Waals surface area contributed by atoms with E-state index in [1.807, 2.05) is 24.3 Å². The molecule has 0 amide bonds. The van der Waals surface area contributed by atoms with Crippen molar-refractivity contribution in [2.45, 2.75) is 38.8 Å². The van der Waals surface area contributed by atoms with Crippen LogP contribution < -0.4 is 10.1 Å². The fourth-order valence-electron chi connectivity index (χ4n) is 2.23. The van der Waals surface area contributed by atoms with Gasteiger partial charge in [-0.2, -0.15) is 11.3 Å². The van der Waals surface area contributed by atoms with E-state index in [1.54, 1.807) is 11.3 Å². The summed E-state index contributed by atoms with van der Waals surface area (Å²) in [6, 6.07) is 10.1. The Labute approximate surface area is 136 Å². The van der Waals surface area contributed by atoms with E-state index in [4.69, 9.17) is 16.3 Å². The zero-order valence-electron chi connectivity index (χ0n) is 12.5. The second-order valence-electron chi connectivity index (χ2n) is 5.18. The Bertz CT molecular complexity index is 529. The van der Waals surface area contributed by atoms with Crippen molar-refractivity contribution in [2.24, 2.45) is 0 Å². The van der Waals surface area contributed by atoms with Crippen LogP contribution in [0.2, 0.25) is 5.02 Å². The van der Waals surface area contributed by atoms with E-state index in [2.05, 4.69) is 36.0 Å². The maximum atomic E-state index is 6.06. The number of ether oxygens (including phenoxy) is 1. The molecule has 0 aliphatic rings. The predicted molar refractivity (Wildman–Crippen MR) is 91.6 cm³/mol. The molecule has 0 fully saturated rings. The Balaban J connectivity index is 2.00. The standard InChI is InChI=1S/C17H22ClNOS/c1-3-8-19-17(10-14-7-9-21-12-14)13(2)20-16-6-4-5-15(18)11-16/h4-7,9,11-13,17,19H,3,8,10H2,1-2H3. The lowest BCUT2D eigenvalue weighted by Crippen LogP contribution is -2.43. The Morgan fingerprint density at radius 1 is 1.33 bits per heavy atom. The second kappa shape index (κ2) is 8.42. The minimum Gasteiger partial charge on any atom is -0.489 e. The summed E-state index contributed by atoms with van der Waals surface area (Å²) < 4.78 is 6.06. The molecule has 2 unspecified atom stereocenters. The van der Waals surface area contributed by atoms with Gasteiger partial charge in [0.15, 0.2) is 0 Å². The summed E-state index contributed by atoms with van der Waals surface area (Å²) in [5, 5.41) is 8.61. The molecule has 2 nitrogen and oxygen atoms in total. The van der Waals surface area contributed by atoms with Crippen LogP contribution in [-0.4, -0.2) is 18.7 Å². The third kappa shape index (κ3) is 5.34. The zero-order valence-corrected chi connectivity index (χ0v) is 14.1. The second-order valence-corrected chi connectivity index (χ2v) is 6.39. The molecule has 1 heterocycles. The van der Waals surface area contributed by atoms with Crippen LogP contribution in [0.1, 0.15) is 25.8 Å². The van der Waals surface area contributed by atoms with Gasteiger partial charge < -0.3 is 10.1 Å². The molecule has 114 valence electrons. The zero-order chi connectivity index (χ0) is 15.1. The van der Waals surface area contributed by atoms with E-state index in [1.165, 1.54) is 5.56 Å². The topological polar surface area (TPSA) is 21.3 Å². The van der Waals surface area contributed by atoms with Crippen LogP contribution in [0, 0.1) is 0 Å². The minimum atomic E-state index is 0.0786. The number of halogens is 1. The van der Waals surface area contributed by atoms with Gasteiger partial charge in [0.2, 0.25) is 0 Å².